The van der Waals surface area contributed by atoms with Gasteiger partial charge in [0.15, 0.2) is 0 Å². The molecule has 0 aliphatic carbocycles. The number of rotatable bonds is 12. The molecule has 43 heavy (non-hydrogen) atoms. The Morgan fingerprint density at radius 1 is 1.05 bits per heavy atom. The van der Waals surface area contributed by atoms with E-state index in [4.69, 9.17) is 10.7 Å². The fourth-order valence-corrected chi connectivity index (χ4v) is 5.12. The number of carbonyl (C=O) groups is 2. The molecule has 3 aromatic rings. The predicted molar refractivity (Wildman–Crippen MR) is 163 cm³/mol. The van der Waals surface area contributed by atoms with Gasteiger partial charge in [0.25, 0.3) is 0 Å². The first-order chi connectivity index (χ1) is 20.1. The molecule has 234 valence electrons. The zero-order valence-corrected chi connectivity index (χ0v) is 25.8. The van der Waals surface area contributed by atoms with Gasteiger partial charge in [-0.15, -0.1) is 0 Å². The smallest absolute Gasteiger partial charge is 0.408 e. The van der Waals surface area contributed by atoms with Crippen LogP contribution in [0.5, 0.6) is 0 Å². The van der Waals surface area contributed by atoms with E-state index in [0.717, 1.165) is 28.7 Å². The molecule has 11 heteroatoms. The highest BCUT2D eigenvalue weighted by molar-refractivity contribution is 5.85. The lowest BCUT2D eigenvalue weighted by molar-refractivity contribution is -0.127. The lowest BCUT2D eigenvalue weighted by Crippen LogP contribution is -2.58. The highest BCUT2D eigenvalue weighted by Crippen LogP contribution is 2.35. The number of carbonyl (C=O) groups excluding carboxylic acids is 1. The van der Waals surface area contributed by atoms with Crippen LogP contribution in [0.25, 0.3) is 11.3 Å². The van der Waals surface area contributed by atoms with Crippen LogP contribution in [0, 0.1) is 17.0 Å². The molecular formula is C32H44F2N6O3. The molecule has 3 rings (SSSR count). The monoisotopic (exact) mass is 598 g/mol. The van der Waals surface area contributed by atoms with Gasteiger partial charge in [-0.2, -0.15) is 0 Å². The molecule has 1 aromatic heterocycles. The largest absolute Gasteiger partial charge is 0.465 e. The Balaban J connectivity index is 2.00. The first kappa shape index (κ1) is 33.7. The van der Waals surface area contributed by atoms with Crippen molar-refractivity contribution in [3.63, 3.8) is 0 Å². The third kappa shape index (κ3) is 8.84. The summed E-state index contributed by atoms with van der Waals surface area (Å²) in [5.41, 5.74) is 5.67. The quantitative estimate of drug-likeness (QED) is 0.228. The number of imidazole rings is 1. The second-order valence-electron chi connectivity index (χ2n) is 12.7. The predicted octanol–water partition coefficient (Wildman–Crippen LogP) is 5.17. The SMILES string of the molecule is CC(C)(C)[C@@H](NCC[C@@H](C(=O)NCCN)N(C(=O)O)C(C)(C)C)c1nc(-c2cc(F)ccc2F)cn1Cc1ccccc1. The molecule has 0 aliphatic heterocycles. The first-order valence-electron chi connectivity index (χ1n) is 14.4. The van der Waals surface area contributed by atoms with Crippen LogP contribution < -0.4 is 16.4 Å². The van der Waals surface area contributed by atoms with Crippen LogP contribution >= 0.6 is 0 Å². The van der Waals surface area contributed by atoms with Gasteiger partial charge >= 0.3 is 6.09 Å². The molecule has 2 atom stereocenters. The van der Waals surface area contributed by atoms with Crippen LogP contribution in [0.2, 0.25) is 0 Å². The normalized spacial score (nSPS) is 13.4. The van der Waals surface area contributed by atoms with Gasteiger partial charge in [0, 0.05) is 36.9 Å². The number of benzene rings is 2. The summed E-state index contributed by atoms with van der Waals surface area (Å²) in [6, 6.07) is 11.6. The Labute approximate surface area is 252 Å². The van der Waals surface area contributed by atoms with Gasteiger partial charge in [0.2, 0.25) is 5.91 Å². The third-order valence-corrected chi connectivity index (χ3v) is 7.08. The van der Waals surface area contributed by atoms with Crippen LogP contribution in [-0.2, 0) is 11.3 Å². The molecule has 9 nitrogen and oxygen atoms in total. The molecule has 5 N–H and O–H groups in total. The van der Waals surface area contributed by atoms with Crippen molar-refractivity contribution in [3.05, 3.63) is 77.8 Å². The lowest BCUT2D eigenvalue weighted by Gasteiger charge is -2.39. The van der Waals surface area contributed by atoms with Gasteiger partial charge in [-0.25, -0.2) is 18.6 Å². The number of amides is 2. The summed E-state index contributed by atoms with van der Waals surface area (Å²) in [4.78, 5) is 31.4. The molecule has 1 heterocycles. The van der Waals surface area contributed by atoms with E-state index in [9.17, 15) is 23.5 Å². The Hall–Kier alpha value is -3.83. The summed E-state index contributed by atoms with van der Waals surface area (Å²) >= 11 is 0. The van der Waals surface area contributed by atoms with Gasteiger partial charge in [0.05, 0.1) is 11.7 Å². The van der Waals surface area contributed by atoms with Crippen molar-refractivity contribution < 1.29 is 23.5 Å². The van der Waals surface area contributed by atoms with Crippen molar-refractivity contribution >= 4 is 12.0 Å². The van der Waals surface area contributed by atoms with Gasteiger partial charge in [-0.1, -0.05) is 51.1 Å². The standard InChI is InChI=1S/C32H44F2N6O3/c1-31(2,3)27(36-16-14-26(29(41)37-17-15-35)40(30(42)43)32(4,5)6)28-38-25(23-18-22(33)12-13-24(23)34)20-39(28)19-21-10-8-7-9-11-21/h7-13,18,20,26-27,36H,14-17,19,35H2,1-6H3,(H,37,41)(H,42,43)/t26-,27-/m0/s1. The molecule has 0 saturated heterocycles. The first-order valence-corrected chi connectivity index (χ1v) is 14.4. The molecule has 0 spiro atoms. The number of nitrogens with zero attached hydrogens (tertiary/aromatic N) is 3. The van der Waals surface area contributed by atoms with Crippen LogP contribution in [0.4, 0.5) is 13.6 Å². The molecule has 0 saturated carbocycles. The highest BCUT2D eigenvalue weighted by Gasteiger charge is 2.38. The van der Waals surface area contributed by atoms with Crippen molar-refractivity contribution in [3.8, 4) is 11.3 Å². The lowest BCUT2D eigenvalue weighted by atomic mass is 9.85. The second-order valence-corrected chi connectivity index (χ2v) is 12.7. The Bertz CT molecular complexity index is 1380. The van der Waals surface area contributed by atoms with E-state index in [1.165, 1.54) is 0 Å². The Morgan fingerprint density at radius 3 is 2.30 bits per heavy atom. The Morgan fingerprint density at radius 2 is 1.72 bits per heavy atom. The molecule has 2 aromatic carbocycles. The van der Waals surface area contributed by atoms with Crippen LogP contribution in [0.15, 0.2) is 54.7 Å². The van der Waals surface area contributed by atoms with Crippen LogP contribution in [-0.4, -0.2) is 62.8 Å². The summed E-state index contributed by atoms with van der Waals surface area (Å²) in [6.07, 6.45) is 0.695. The van der Waals surface area contributed by atoms with Crippen molar-refractivity contribution in [1.82, 2.24) is 25.1 Å². The van der Waals surface area contributed by atoms with E-state index in [2.05, 4.69) is 10.6 Å². The number of nitrogens with one attached hydrogen (secondary N) is 2. The summed E-state index contributed by atoms with van der Waals surface area (Å²) < 4.78 is 30.9. The highest BCUT2D eigenvalue weighted by atomic mass is 19.1. The van der Waals surface area contributed by atoms with Crippen molar-refractivity contribution in [1.29, 1.82) is 0 Å². The summed E-state index contributed by atoms with van der Waals surface area (Å²) in [7, 11) is 0. The minimum atomic E-state index is -1.20. The molecule has 0 aliphatic rings. The molecule has 0 bridgehead atoms. The molecular weight excluding hydrogens is 554 g/mol. The minimum Gasteiger partial charge on any atom is -0.465 e. The number of nitrogens with two attached hydrogens (primary N) is 1. The van der Waals surface area contributed by atoms with E-state index in [1.54, 1.807) is 27.0 Å². The van der Waals surface area contributed by atoms with Crippen LogP contribution in [0.1, 0.15) is 65.4 Å². The molecule has 2 amide bonds. The van der Waals surface area contributed by atoms with E-state index in [0.29, 0.717) is 18.1 Å². The second kappa shape index (κ2) is 14.1. The van der Waals surface area contributed by atoms with E-state index >= 15 is 0 Å². The van der Waals surface area contributed by atoms with Crippen LogP contribution in [0.3, 0.4) is 0 Å². The van der Waals surface area contributed by atoms with Crippen molar-refractivity contribution in [2.24, 2.45) is 11.1 Å². The van der Waals surface area contributed by atoms with E-state index in [1.807, 2.05) is 55.7 Å². The van der Waals surface area contributed by atoms with Gasteiger partial charge in [-0.3, -0.25) is 9.69 Å². The summed E-state index contributed by atoms with van der Waals surface area (Å²) in [5, 5.41) is 16.3. The zero-order chi connectivity index (χ0) is 31.9. The molecule has 0 radical (unpaired) electrons. The zero-order valence-electron chi connectivity index (χ0n) is 25.8. The number of halogens is 2. The van der Waals surface area contributed by atoms with Gasteiger partial charge in [0.1, 0.15) is 23.5 Å². The van der Waals surface area contributed by atoms with Crippen molar-refractivity contribution in [2.75, 3.05) is 19.6 Å². The average molecular weight is 599 g/mol. The molecule has 0 unspecified atom stereocenters. The number of aromatic nitrogens is 2. The average Bonchev–Trinajstić information content (AvgIpc) is 3.31. The number of carboxylic acid groups (broad SMARTS) is 1. The maximum absolute atomic E-state index is 14.8. The number of hydrogen-bond acceptors (Lipinski definition) is 5. The summed E-state index contributed by atoms with van der Waals surface area (Å²) in [5.74, 6) is -0.974. The third-order valence-electron chi connectivity index (χ3n) is 7.08. The van der Waals surface area contributed by atoms with Gasteiger partial charge in [-0.05, 0) is 62.9 Å². The fourth-order valence-electron chi connectivity index (χ4n) is 5.12. The molecule has 0 fully saturated rings. The van der Waals surface area contributed by atoms with E-state index in [-0.39, 0.29) is 31.6 Å². The fraction of sp³-hybridized carbons (Fsp3) is 0.469. The number of hydrogen-bond donors (Lipinski definition) is 4. The maximum atomic E-state index is 14.8. The minimum absolute atomic E-state index is 0.0552. The topological polar surface area (TPSA) is 126 Å². The Kier molecular flexibility index (Phi) is 11.0. The summed E-state index contributed by atoms with van der Waals surface area (Å²) in [6.45, 7) is 12.5. The maximum Gasteiger partial charge on any atom is 0.408 e. The van der Waals surface area contributed by atoms with E-state index < -0.39 is 46.7 Å². The van der Waals surface area contributed by atoms with Gasteiger partial charge < -0.3 is 26.0 Å². The van der Waals surface area contributed by atoms with Crippen molar-refractivity contribution in [2.45, 2.75) is 72.1 Å².